The lowest BCUT2D eigenvalue weighted by atomic mass is 9.81. The molecular formula is C17H20ClN5. The number of halogens is 1. The van der Waals surface area contributed by atoms with Crippen LogP contribution in [0.25, 0.3) is 0 Å². The van der Waals surface area contributed by atoms with Gasteiger partial charge in [0.25, 0.3) is 0 Å². The fourth-order valence-electron chi connectivity index (χ4n) is 3.96. The fourth-order valence-corrected chi connectivity index (χ4v) is 4.16. The van der Waals surface area contributed by atoms with Crippen molar-refractivity contribution in [2.45, 2.75) is 18.8 Å². The number of aryl methyl sites for hydroxylation is 1. The molecule has 2 aliphatic rings. The van der Waals surface area contributed by atoms with Gasteiger partial charge in [-0.05, 0) is 44.1 Å². The van der Waals surface area contributed by atoms with Crippen molar-refractivity contribution in [3.63, 3.8) is 0 Å². The third-order valence-electron chi connectivity index (χ3n) is 5.02. The van der Waals surface area contributed by atoms with Gasteiger partial charge >= 0.3 is 0 Å². The second-order valence-corrected chi connectivity index (χ2v) is 7.18. The van der Waals surface area contributed by atoms with E-state index in [0.717, 1.165) is 26.1 Å². The van der Waals surface area contributed by atoms with E-state index < -0.39 is 0 Å². The molecule has 2 aliphatic heterocycles. The summed E-state index contributed by atoms with van der Waals surface area (Å²) in [5.41, 5.74) is 9.75. The standard InChI is InChI=1S/C17H20ClN5/c1-11-3-4-12-14(7-11)23(10-17(12)5-6-22(2)9-17)15-13(18)8-20-16(19)21-15/h3-4,7-8H,5-6,9-10H2,1-2H3,(H2,19,20,21)/t17-/m1/s1. The number of nitrogens with zero attached hydrogens (tertiary/aromatic N) is 4. The lowest BCUT2D eigenvalue weighted by Crippen LogP contribution is -2.34. The smallest absolute Gasteiger partial charge is 0.222 e. The molecule has 0 saturated carbocycles. The van der Waals surface area contributed by atoms with Gasteiger partial charge in [0.15, 0.2) is 5.82 Å². The topological polar surface area (TPSA) is 58.3 Å². The average Bonchev–Trinajstić information content (AvgIpc) is 3.03. The number of fused-ring (bicyclic) bond motifs is 2. The van der Waals surface area contributed by atoms with Crippen molar-refractivity contribution < 1.29 is 0 Å². The van der Waals surface area contributed by atoms with E-state index in [1.165, 1.54) is 16.8 Å². The molecule has 0 radical (unpaired) electrons. The number of aromatic nitrogens is 2. The molecule has 0 amide bonds. The van der Waals surface area contributed by atoms with Crippen LogP contribution in [0, 0.1) is 6.92 Å². The lowest BCUT2D eigenvalue weighted by Gasteiger charge is -2.25. The molecule has 2 N–H and O–H groups in total. The van der Waals surface area contributed by atoms with Gasteiger partial charge in [0.05, 0.1) is 6.20 Å². The van der Waals surface area contributed by atoms with Crippen molar-refractivity contribution in [3.05, 3.63) is 40.5 Å². The second kappa shape index (κ2) is 5.08. The van der Waals surface area contributed by atoms with Crippen molar-refractivity contribution in [1.82, 2.24) is 14.9 Å². The van der Waals surface area contributed by atoms with Crippen LogP contribution in [0.15, 0.2) is 24.4 Å². The molecule has 1 aromatic carbocycles. The highest BCUT2D eigenvalue weighted by molar-refractivity contribution is 6.33. The summed E-state index contributed by atoms with van der Waals surface area (Å²) in [5.74, 6) is 0.959. The van der Waals surface area contributed by atoms with Crippen LogP contribution >= 0.6 is 11.6 Å². The molecule has 1 aromatic heterocycles. The van der Waals surface area contributed by atoms with E-state index >= 15 is 0 Å². The zero-order chi connectivity index (χ0) is 16.2. The van der Waals surface area contributed by atoms with Gasteiger partial charge in [0, 0.05) is 24.2 Å². The van der Waals surface area contributed by atoms with Crippen molar-refractivity contribution in [3.8, 4) is 0 Å². The van der Waals surface area contributed by atoms with Crippen LogP contribution in [0.1, 0.15) is 17.5 Å². The van der Waals surface area contributed by atoms with Crippen LogP contribution in [0.3, 0.4) is 0 Å². The van der Waals surface area contributed by atoms with Gasteiger partial charge in [-0.1, -0.05) is 23.7 Å². The number of nitrogens with two attached hydrogens (primary N) is 1. The Bertz CT molecular complexity index is 778. The van der Waals surface area contributed by atoms with Crippen LogP contribution in [0.4, 0.5) is 17.5 Å². The minimum absolute atomic E-state index is 0.140. The molecule has 1 saturated heterocycles. The molecule has 23 heavy (non-hydrogen) atoms. The summed E-state index contributed by atoms with van der Waals surface area (Å²) in [6, 6.07) is 6.68. The highest BCUT2D eigenvalue weighted by atomic mass is 35.5. The maximum Gasteiger partial charge on any atom is 0.222 e. The summed E-state index contributed by atoms with van der Waals surface area (Å²) in [7, 11) is 2.18. The van der Waals surface area contributed by atoms with Gasteiger partial charge in [0.2, 0.25) is 5.95 Å². The molecular weight excluding hydrogens is 310 g/mol. The molecule has 120 valence electrons. The summed E-state index contributed by atoms with van der Waals surface area (Å²) in [4.78, 5) is 13.0. The first-order valence-corrected chi connectivity index (χ1v) is 8.22. The van der Waals surface area contributed by atoms with Gasteiger partial charge in [-0.25, -0.2) is 4.98 Å². The summed E-state index contributed by atoms with van der Waals surface area (Å²) in [6.07, 6.45) is 2.73. The van der Waals surface area contributed by atoms with Crippen LogP contribution in [-0.4, -0.2) is 41.5 Å². The minimum atomic E-state index is 0.140. The van der Waals surface area contributed by atoms with Crippen molar-refractivity contribution >= 4 is 29.1 Å². The van der Waals surface area contributed by atoms with E-state index in [0.29, 0.717) is 10.8 Å². The normalized spacial score (nSPS) is 23.7. The highest BCUT2D eigenvalue weighted by Crippen LogP contribution is 2.49. The van der Waals surface area contributed by atoms with Gasteiger partial charge in [-0.2, -0.15) is 4.98 Å². The Morgan fingerprint density at radius 3 is 2.87 bits per heavy atom. The number of nitrogen functional groups attached to an aromatic ring is 1. The van der Waals surface area contributed by atoms with E-state index in [9.17, 15) is 0 Å². The predicted octanol–water partition coefficient (Wildman–Crippen LogP) is 2.75. The zero-order valence-electron chi connectivity index (χ0n) is 13.4. The Morgan fingerprint density at radius 2 is 2.13 bits per heavy atom. The van der Waals surface area contributed by atoms with E-state index in [1.54, 1.807) is 6.20 Å². The molecule has 0 aliphatic carbocycles. The monoisotopic (exact) mass is 329 g/mol. The number of benzene rings is 1. The van der Waals surface area contributed by atoms with Crippen molar-refractivity contribution in [1.29, 1.82) is 0 Å². The molecule has 2 aromatic rings. The summed E-state index contributed by atoms with van der Waals surface area (Å²) < 4.78 is 0. The fraction of sp³-hybridized carbons (Fsp3) is 0.412. The third-order valence-corrected chi connectivity index (χ3v) is 5.29. The average molecular weight is 330 g/mol. The SMILES string of the molecule is Cc1ccc2c(c1)N(c1nc(N)ncc1Cl)C[C@]21CCN(C)C1. The first kappa shape index (κ1) is 14.7. The predicted molar refractivity (Wildman–Crippen MR) is 93.4 cm³/mol. The maximum atomic E-state index is 6.37. The molecule has 5 nitrogen and oxygen atoms in total. The summed E-state index contributed by atoms with van der Waals surface area (Å²) in [5, 5.41) is 0.537. The molecule has 6 heteroatoms. The molecule has 0 bridgehead atoms. The minimum Gasteiger partial charge on any atom is -0.368 e. The first-order chi connectivity index (χ1) is 11.0. The maximum absolute atomic E-state index is 6.37. The van der Waals surface area contributed by atoms with E-state index in [4.69, 9.17) is 17.3 Å². The van der Waals surface area contributed by atoms with Crippen molar-refractivity contribution in [2.75, 3.05) is 37.3 Å². The van der Waals surface area contributed by atoms with Crippen LogP contribution in [0.2, 0.25) is 5.02 Å². The number of rotatable bonds is 1. The largest absolute Gasteiger partial charge is 0.368 e. The zero-order valence-corrected chi connectivity index (χ0v) is 14.1. The van der Waals surface area contributed by atoms with E-state index in [1.807, 2.05) is 0 Å². The summed E-state index contributed by atoms with van der Waals surface area (Å²) >= 11 is 6.37. The van der Waals surface area contributed by atoms with Crippen LogP contribution < -0.4 is 10.6 Å². The Hall–Kier alpha value is -1.85. The molecule has 1 atom stereocenters. The van der Waals surface area contributed by atoms with Gasteiger partial charge in [-0.15, -0.1) is 0 Å². The van der Waals surface area contributed by atoms with Gasteiger partial charge in [-0.3, -0.25) is 0 Å². The molecule has 3 heterocycles. The van der Waals surface area contributed by atoms with Crippen molar-refractivity contribution in [2.24, 2.45) is 0 Å². The Labute approximate surface area is 141 Å². The molecule has 1 spiro atoms. The number of likely N-dealkylation sites (tertiary alicyclic amines) is 1. The Kier molecular flexibility index (Phi) is 3.25. The summed E-state index contributed by atoms with van der Waals surface area (Å²) in [6.45, 7) is 5.16. The van der Waals surface area contributed by atoms with Gasteiger partial charge < -0.3 is 15.5 Å². The molecule has 4 rings (SSSR count). The Morgan fingerprint density at radius 1 is 1.30 bits per heavy atom. The van der Waals surface area contributed by atoms with Gasteiger partial charge in [0.1, 0.15) is 5.02 Å². The van der Waals surface area contributed by atoms with Crippen LogP contribution in [-0.2, 0) is 5.41 Å². The quantitative estimate of drug-likeness (QED) is 0.871. The first-order valence-electron chi connectivity index (χ1n) is 7.84. The molecule has 1 fully saturated rings. The van der Waals surface area contributed by atoms with E-state index in [-0.39, 0.29) is 11.4 Å². The number of hydrogen-bond acceptors (Lipinski definition) is 5. The van der Waals surface area contributed by atoms with Crippen LogP contribution in [0.5, 0.6) is 0 Å². The number of likely N-dealkylation sites (N-methyl/N-ethyl adjacent to an activating group) is 1. The molecule has 0 unspecified atom stereocenters. The van der Waals surface area contributed by atoms with E-state index in [2.05, 4.69) is 51.9 Å². The lowest BCUT2D eigenvalue weighted by molar-refractivity contribution is 0.378. The number of anilines is 3. The second-order valence-electron chi connectivity index (χ2n) is 6.77. The highest BCUT2D eigenvalue weighted by Gasteiger charge is 2.47. The third kappa shape index (κ3) is 2.26. The number of hydrogen-bond donors (Lipinski definition) is 1. The Balaban J connectivity index is 1.87.